The lowest BCUT2D eigenvalue weighted by molar-refractivity contribution is -0.0497. The van der Waals surface area contributed by atoms with E-state index in [9.17, 15) is 18.8 Å². The second kappa shape index (κ2) is 9.90. The van der Waals surface area contributed by atoms with Crippen LogP contribution < -0.4 is 10.1 Å². The molecule has 1 saturated carbocycles. The van der Waals surface area contributed by atoms with E-state index in [0.717, 1.165) is 24.1 Å². The number of nitrogens with one attached hydrogen (secondary N) is 1. The van der Waals surface area contributed by atoms with Gasteiger partial charge in [-0.1, -0.05) is 31.9 Å². The van der Waals surface area contributed by atoms with E-state index in [2.05, 4.69) is 16.1 Å². The molecule has 0 unspecified atom stereocenters. The van der Waals surface area contributed by atoms with Gasteiger partial charge in [-0.25, -0.2) is 4.79 Å². The average molecular weight is 453 g/mol. The molecule has 1 aliphatic carbocycles. The summed E-state index contributed by atoms with van der Waals surface area (Å²) in [6.07, 6.45) is 3.54. The van der Waals surface area contributed by atoms with Gasteiger partial charge in [-0.05, 0) is 48.6 Å². The average Bonchev–Trinajstić information content (AvgIpc) is 3.57. The van der Waals surface area contributed by atoms with Crippen LogP contribution in [0.1, 0.15) is 38.2 Å². The van der Waals surface area contributed by atoms with Crippen LogP contribution in [0.25, 0.3) is 22.2 Å². The molecule has 0 aliphatic heterocycles. The minimum Gasteiger partial charge on any atom is -0.449 e. The zero-order valence-electron chi connectivity index (χ0n) is 18.3. The number of ether oxygens (including phenoxy) is 2. The van der Waals surface area contributed by atoms with Gasteiger partial charge in [0.05, 0.1) is 23.4 Å². The Balaban J connectivity index is 1.72. The van der Waals surface area contributed by atoms with Crippen molar-refractivity contribution in [3.63, 3.8) is 0 Å². The highest BCUT2D eigenvalue weighted by atomic mass is 19.3. The maximum Gasteiger partial charge on any atom is 0.411 e. The van der Waals surface area contributed by atoms with E-state index in [-0.39, 0.29) is 5.75 Å². The third-order valence-electron chi connectivity index (χ3n) is 5.67. The number of rotatable bonds is 9. The molecule has 0 spiro atoms. The van der Waals surface area contributed by atoms with Crippen molar-refractivity contribution < 1.29 is 23.0 Å². The summed E-state index contributed by atoms with van der Waals surface area (Å²) < 4.78 is 37.2. The Hall–Kier alpha value is -3.60. The summed E-state index contributed by atoms with van der Waals surface area (Å²) in [6.45, 7) is 0.00372. The number of carbonyl (C=O) groups excluding carboxylic acids is 1. The molecule has 33 heavy (non-hydrogen) atoms. The van der Waals surface area contributed by atoms with Gasteiger partial charge in [0.25, 0.3) is 0 Å². The number of alkyl halides is 2. The first kappa shape index (κ1) is 22.6. The molecule has 4 rings (SSSR count). The third kappa shape index (κ3) is 5.25. The number of fused-ring (bicyclic) bond motifs is 1. The van der Waals surface area contributed by atoms with E-state index >= 15 is 0 Å². The van der Waals surface area contributed by atoms with Crippen LogP contribution in [-0.2, 0) is 11.3 Å². The van der Waals surface area contributed by atoms with Crippen LogP contribution in [0.5, 0.6) is 5.75 Å². The smallest absolute Gasteiger partial charge is 0.411 e. The Morgan fingerprint density at radius 3 is 2.64 bits per heavy atom. The lowest BCUT2D eigenvalue weighted by Gasteiger charge is -2.13. The number of carbonyl (C=O) groups is 1. The first-order valence-electron chi connectivity index (χ1n) is 11.1. The van der Waals surface area contributed by atoms with Crippen molar-refractivity contribution in [2.75, 3.05) is 11.9 Å². The normalized spacial score (nSPS) is 13.2. The van der Waals surface area contributed by atoms with Crippen LogP contribution >= 0.6 is 0 Å². The van der Waals surface area contributed by atoms with Crippen molar-refractivity contribution in [1.29, 1.82) is 5.26 Å². The Morgan fingerprint density at radius 2 is 2.00 bits per heavy atom. The molecule has 1 heterocycles. The van der Waals surface area contributed by atoms with Gasteiger partial charge in [0.15, 0.2) is 0 Å². The van der Waals surface area contributed by atoms with Gasteiger partial charge in [-0.3, -0.25) is 5.32 Å². The van der Waals surface area contributed by atoms with Crippen LogP contribution in [0.15, 0.2) is 42.5 Å². The van der Waals surface area contributed by atoms with E-state index in [4.69, 9.17) is 4.74 Å². The zero-order chi connectivity index (χ0) is 23.4. The van der Waals surface area contributed by atoms with Crippen molar-refractivity contribution in [1.82, 2.24) is 4.57 Å². The number of anilines is 1. The lowest BCUT2D eigenvalue weighted by atomic mass is 10.1. The van der Waals surface area contributed by atoms with E-state index in [1.807, 2.05) is 23.6 Å². The van der Waals surface area contributed by atoms with Crippen LogP contribution in [0.2, 0.25) is 0 Å². The van der Waals surface area contributed by atoms with Crippen molar-refractivity contribution >= 4 is 22.7 Å². The van der Waals surface area contributed by atoms with Gasteiger partial charge in [0, 0.05) is 23.7 Å². The standard InChI is InChI=1S/C25H25F2N3O3/c1-2-13-32-25(31)29-18-7-5-17(6-8-18)23-21(15-28)20-10-9-19(33-24(26)27)14-22(20)30(23)12-11-16-3-4-16/h5-10,14,16,24H,2-4,11-13H2,1H3,(H,29,31). The molecular weight excluding hydrogens is 428 g/mol. The number of benzene rings is 2. The minimum atomic E-state index is -2.92. The monoisotopic (exact) mass is 453 g/mol. The molecule has 0 bridgehead atoms. The summed E-state index contributed by atoms with van der Waals surface area (Å²) in [7, 11) is 0. The Bertz CT molecular complexity index is 1180. The Morgan fingerprint density at radius 1 is 1.24 bits per heavy atom. The predicted molar refractivity (Wildman–Crippen MR) is 121 cm³/mol. The molecule has 2 aromatic carbocycles. The first-order chi connectivity index (χ1) is 16.0. The van der Waals surface area contributed by atoms with Crippen molar-refractivity contribution in [2.45, 2.75) is 45.8 Å². The van der Waals surface area contributed by atoms with Gasteiger partial charge in [-0.2, -0.15) is 14.0 Å². The number of hydrogen-bond acceptors (Lipinski definition) is 4. The number of nitrogens with zero attached hydrogens (tertiary/aromatic N) is 2. The van der Waals surface area contributed by atoms with Gasteiger partial charge < -0.3 is 14.0 Å². The number of amides is 1. The summed E-state index contributed by atoms with van der Waals surface area (Å²) in [5.74, 6) is 0.714. The molecular formula is C25H25F2N3O3. The zero-order valence-corrected chi connectivity index (χ0v) is 18.3. The van der Waals surface area contributed by atoms with Crippen LogP contribution in [0.4, 0.5) is 19.3 Å². The molecule has 0 radical (unpaired) electrons. The number of halogens is 2. The molecule has 1 aliphatic rings. The van der Waals surface area contributed by atoms with Crippen molar-refractivity contribution in [3.8, 4) is 23.1 Å². The summed E-state index contributed by atoms with van der Waals surface area (Å²) in [4.78, 5) is 11.8. The topological polar surface area (TPSA) is 76.3 Å². The van der Waals surface area contributed by atoms with E-state index in [1.54, 1.807) is 24.3 Å². The fraction of sp³-hybridized carbons (Fsp3) is 0.360. The maximum atomic E-state index is 12.8. The lowest BCUT2D eigenvalue weighted by Crippen LogP contribution is -2.13. The number of nitriles is 1. The molecule has 8 heteroatoms. The molecule has 172 valence electrons. The molecule has 1 amide bonds. The highest BCUT2D eigenvalue weighted by Crippen LogP contribution is 2.38. The molecule has 0 atom stereocenters. The van der Waals surface area contributed by atoms with Gasteiger partial charge in [-0.15, -0.1) is 0 Å². The van der Waals surface area contributed by atoms with E-state index in [1.165, 1.54) is 18.9 Å². The second-order valence-electron chi connectivity index (χ2n) is 8.11. The van der Waals surface area contributed by atoms with Gasteiger partial charge in [0.1, 0.15) is 11.8 Å². The summed E-state index contributed by atoms with van der Waals surface area (Å²) in [5.41, 5.74) is 3.26. The quantitative estimate of drug-likeness (QED) is 0.399. The van der Waals surface area contributed by atoms with Crippen LogP contribution in [-0.4, -0.2) is 23.9 Å². The SMILES string of the molecule is CCCOC(=O)Nc1ccc(-c2c(C#N)c3ccc(OC(F)F)cc3n2CCC2CC2)cc1. The second-order valence-corrected chi connectivity index (χ2v) is 8.11. The van der Waals surface area contributed by atoms with Gasteiger partial charge in [0.2, 0.25) is 0 Å². The highest BCUT2D eigenvalue weighted by Gasteiger charge is 2.24. The molecule has 6 nitrogen and oxygen atoms in total. The minimum absolute atomic E-state index is 0.0591. The highest BCUT2D eigenvalue weighted by molar-refractivity contribution is 5.95. The third-order valence-corrected chi connectivity index (χ3v) is 5.67. The molecule has 1 aromatic heterocycles. The maximum absolute atomic E-state index is 12.8. The number of aryl methyl sites for hydroxylation is 1. The fourth-order valence-corrected chi connectivity index (χ4v) is 3.93. The van der Waals surface area contributed by atoms with Crippen molar-refractivity contribution in [3.05, 3.63) is 48.0 Å². The fourth-order valence-electron chi connectivity index (χ4n) is 3.93. The molecule has 1 N–H and O–H groups in total. The van der Waals surface area contributed by atoms with Crippen molar-refractivity contribution in [2.24, 2.45) is 5.92 Å². The Labute approximate surface area is 190 Å². The summed E-state index contributed by atoms with van der Waals surface area (Å²) >= 11 is 0. The molecule has 3 aromatic rings. The predicted octanol–water partition coefficient (Wildman–Crippen LogP) is 6.54. The van der Waals surface area contributed by atoms with Crippen LogP contribution in [0.3, 0.4) is 0 Å². The summed E-state index contributed by atoms with van der Waals surface area (Å²) in [5, 5.41) is 13.3. The largest absolute Gasteiger partial charge is 0.449 e. The van der Waals surface area contributed by atoms with E-state index in [0.29, 0.717) is 41.2 Å². The van der Waals surface area contributed by atoms with E-state index < -0.39 is 12.7 Å². The summed E-state index contributed by atoms with van der Waals surface area (Å²) in [6, 6.07) is 14.1. The van der Waals surface area contributed by atoms with Gasteiger partial charge >= 0.3 is 12.7 Å². The Kier molecular flexibility index (Phi) is 6.78. The number of aromatic nitrogens is 1. The first-order valence-corrected chi connectivity index (χ1v) is 11.1. The molecule has 1 fully saturated rings. The molecule has 0 saturated heterocycles. The number of hydrogen-bond donors (Lipinski definition) is 1. The van der Waals surface area contributed by atoms with Crippen LogP contribution in [0, 0.1) is 17.2 Å².